The second kappa shape index (κ2) is 8.39. The summed E-state index contributed by atoms with van der Waals surface area (Å²) in [5.74, 6) is -1.47. The number of rotatable bonds is 5. The van der Waals surface area contributed by atoms with Crippen molar-refractivity contribution < 1.29 is 14.4 Å². The Balaban J connectivity index is 2.25. The lowest BCUT2D eigenvalue weighted by atomic mass is 10.1. The van der Waals surface area contributed by atoms with Crippen molar-refractivity contribution >= 4 is 23.3 Å². The van der Waals surface area contributed by atoms with Gasteiger partial charge in [0.05, 0.1) is 5.69 Å². The normalized spacial score (nSPS) is 11.0. The van der Waals surface area contributed by atoms with Crippen LogP contribution in [-0.2, 0) is 9.59 Å². The van der Waals surface area contributed by atoms with E-state index in [1.165, 1.54) is 6.08 Å². The first-order chi connectivity index (χ1) is 12.3. The van der Waals surface area contributed by atoms with Gasteiger partial charge in [-0.15, -0.1) is 0 Å². The molecule has 0 unspecified atom stereocenters. The molecule has 2 aromatic rings. The average molecular weight is 349 g/mol. The molecule has 0 saturated heterocycles. The van der Waals surface area contributed by atoms with E-state index in [4.69, 9.17) is 0 Å². The number of allylic oxidation sites excluding steroid dienone is 1. The topological polar surface area (TPSA) is 54.5 Å². The smallest absolute Gasteiger partial charge is 0.257 e. The maximum Gasteiger partial charge on any atom is 0.257 e. The molecule has 2 amide bonds. The van der Waals surface area contributed by atoms with Gasteiger partial charge in [0.2, 0.25) is 5.91 Å². The van der Waals surface area contributed by atoms with Gasteiger partial charge in [-0.1, -0.05) is 61.4 Å². The van der Waals surface area contributed by atoms with Crippen LogP contribution in [0.1, 0.15) is 35.3 Å². The molecular weight excluding hydrogens is 326 g/mol. The monoisotopic (exact) mass is 349 g/mol. The second-order valence-corrected chi connectivity index (χ2v) is 6.57. The zero-order valence-corrected chi connectivity index (χ0v) is 15.5. The van der Waals surface area contributed by atoms with Crippen molar-refractivity contribution in [2.45, 2.75) is 27.7 Å². The molecule has 134 valence electrons. The lowest BCUT2D eigenvalue weighted by molar-refractivity contribution is -0.126. The molecule has 0 radical (unpaired) electrons. The standard InChI is InChI=1S/C22H23NO3/c1-15(2)22(26)23(19-11-7-17(4)8-12-19)21(25)14-13-20(24)18-9-5-16(3)6-10-18/h5-15H,1-4H3/b14-13-. The molecule has 4 heteroatoms. The highest BCUT2D eigenvalue weighted by molar-refractivity contribution is 6.20. The predicted molar refractivity (Wildman–Crippen MR) is 103 cm³/mol. The lowest BCUT2D eigenvalue weighted by Crippen LogP contribution is -2.38. The van der Waals surface area contributed by atoms with E-state index in [1.807, 2.05) is 38.1 Å². The zero-order chi connectivity index (χ0) is 19.3. The molecule has 2 rings (SSSR count). The Morgan fingerprint density at radius 2 is 1.31 bits per heavy atom. The van der Waals surface area contributed by atoms with Gasteiger partial charge in [-0.25, -0.2) is 4.90 Å². The van der Waals surface area contributed by atoms with Gasteiger partial charge in [-0.05, 0) is 32.1 Å². The summed E-state index contributed by atoms with van der Waals surface area (Å²) in [6.45, 7) is 7.33. The number of hydrogen-bond acceptors (Lipinski definition) is 3. The van der Waals surface area contributed by atoms with Crippen molar-refractivity contribution in [2.24, 2.45) is 5.92 Å². The van der Waals surface area contributed by atoms with Crippen molar-refractivity contribution in [3.63, 3.8) is 0 Å². The molecule has 0 saturated carbocycles. The van der Waals surface area contributed by atoms with Gasteiger partial charge in [0.15, 0.2) is 5.78 Å². The van der Waals surface area contributed by atoms with Gasteiger partial charge < -0.3 is 0 Å². The van der Waals surface area contributed by atoms with Crippen LogP contribution in [0.25, 0.3) is 0 Å². The number of carbonyl (C=O) groups excluding carboxylic acids is 3. The average Bonchev–Trinajstić information content (AvgIpc) is 2.62. The van der Waals surface area contributed by atoms with Crippen LogP contribution >= 0.6 is 0 Å². The number of benzene rings is 2. The second-order valence-electron chi connectivity index (χ2n) is 6.57. The molecule has 0 N–H and O–H groups in total. The van der Waals surface area contributed by atoms with E-state index in [1.54, 1.807) is 38.1 Å². The first kappa shape index (κ1) is 19.3. The van der Waals surface area contributed by atoms with E-state index < -0.39 is 5.91 Å². The summed E-state index contributed by atoms with van der Waals surface area (Å²) in [6.07, 6.45) is 2.37. The molecule has 0 aliphatic rings. The van der Waals surface area contributed by atoms with Crippen molar-refractivity contribution in [2.75, 3.05) is 4.90 Å². The van der Waals surface area contributed by atoms with Crippen LogP contribution in [0.2, 0.25) is 0 Å². The minimum atomic E-state index is -0.534. The number of aryl methyl sites for hydroxylation is 2. The molecule has 0 spiro atoms. The summed E-state index contributed by atoms with van der Waals surface area (Å²) in [4.78, 5) is 38.5. The van der Waals surface area contributed by atoms with Crippen LogP contribution < -0.4 is 4.90 Å². The van der Waals surface area contributed by atoms with Gasteiger partial charge >= 0.3 is 0 Å². The fraction of sp³-hybridized carbons (Fsp3) is 0.227. The zero-order valence-electron chi connectivity index (χ0n) is 15.5. The lowest BCUT2D eigenvalue weighted by Gasteiger charge is -2.21. The van der Waals surface area contributed by atoms with Crippen LogP contribution in [-0.4, -0.2) is 17.6 Å². The van der Waals surface area contributed by atoms with Crippen LogP contribution in [0, 0.1) is 19.8 Å². The molecule has 0 atom stereocenters. The third-order valence-electron chi connectivity index (χ3n) is 3.94. The van der Waals surface area contributed by atoms with Crippen molar-refractivity contribution in [1.29, 1.82) is 0 Å². The van der Waals surface area contributed by atoms with Gasteiger partial charge in [-0.2, -0.15) is 0 Å². The van der Waals surface area contributed by atoms with Crippen molar-refractivity contribution in [3.8, 4) is 0 Å². The molecule has 2 aromatic carbocycles. The molecule has 0 bridgehead atoms. The fourth-order valence-corrected chi connectivity index (χ4v) is 2.35. The first-order valence-electron chi connectivity index (χ1n) is 8.53. The highest BCUT2D eigenvalue weighted by Gasteiger charge is 2.24. The first-order valence-corrected chi connectivity index (χ1v) is 8.53. The molecular formula is C22H23NO3. The highest BCUT2D eigenvalue weighted by Crippen LogP contribution is 2.18. The van der Waals surface area contributed by atoms with E-state index in [0.29, 0.717) is 11.3 Å². The van der Waals surface area contributed by atoms with Crippen molar-refractivity contribution in [3.05, 3.63) is 77.4 Å². The summed E-state index contributed by atoms with van der Waals surface area (Å²) in [5, 5.41) is 0. The van der Waals surface area contributed by atoms with E-state index in [0.717, 1.165) is 22.1 Å². The SMILES string of the molecule is Cc1ccc(C(=O)/C=C\C(=O)N(C(=O)C(C)C)c2ccc(C)cc2)cc1. The Morgan fingerprint density at radius 3 is 1.81 bits per heavy atom. The Bertz CT molecular complexity index is 831. The summed E-state index contributed by atoms with van der Waals surface area (Å²) < 4.78 is 0. The Hall–Kier alpha value is -3.01. The van der Waals surface area contributed by atoms with E-state index in [-0.39, 0.29) is 17.6 Å². The number of ketones is 1. The minimum Gasteiger partial charge on any atom is -0.289 e. The molecule has 0 aromatic heterocycles. The van der Waals surface area contributed by atoms with Crippen LogP contribution in [0.3, 0.4) is 0 Å². The van der Waals surface area contributed by atoms with Gasteiger partial charge in [0.25, 0.3) is 5.91 Å². The molecule has 0 fully saturated rings. The number of hydrogen-bond donors (Lipinski definition) is 0. The third-order valence-corrected chi connectivity index (χ3v) is 3.94. The number of imide groups is 1. The number of carbonyl (C=O) groups is 3. The third kappa shape index (κ3) is 4.76. The summed E-state index contributed by atoms with van der Waals surface area (Å²) in [7, 11) is 0. The van der Waals surface area contributed by atoms with E-state index in [2.05, 4.69) is 0 Å². The quantitative estimate of drug-likeness (QED) is 0.599. The summed E-state index contributed by atoms with van der Waals surface area (Å²) in [5.41, 5.74) is 3.07. The minimum absolute atomic E-state index is 0.279. The fourth-order valence-electron chi connectivity index (χ4n) is 2.35. The van der Waals surface area contributed by atoms with Crippen LogP contribution in [0.5, 0.6) is 0 Å². The Labute approximate surface area is 154 Å². The largest absolute Gasteiger partial charge is 0.289 e. The van der Waals surface area contributed by atoms with Crippen LogP contribution in [0.15, 0.2) is 60.7 Å². The molecule has 0 aliphatic carbocycles. The Morgan fingerprint density at radius 1 is 0.808 bits per heavy atom. The van der Waals surface area contributed by atoms with E-state index >= 15 is 0 Å². The maximum atomic E-state index is 12.6. The maximum absolute atomic E-state index is 12.6. The van der Waals surface area contributed by atoms with Gasteiger partial charge in [0.1, 0.15) is 0 Å². The van der Waals surface area contributed by atoms with Gasteiger partial charge in [0, 0.05) is 17.6 Å². The number of nitrogens with zero attached hydrogens (tertiary/aromatic N) is 1. The van der Waals surface area contributed by atoms with Gasteiger partial charge in [-0.3, -0.25) is 14.4 Å². The summed E-state index contributed by atoms with van der Waals surface area (Å²) >= 11 is 0. The number of anilines is 1. The number of amides is 2. The highest BCUT2D eigenvalue weighted by atomic mass is 16.2. The predicted octanol–water partition coefficient (Wildman–Crippen LogP) is 4.26. The molecule has 4 nitrogen and oxygen atoms in total. The summed E-state index contributed by atoms with van der Waals surface area (Å²) in [6, 6.07) is 14.2. The van der Waals surface area contributed by atoms with Crippen LogP contribution in [0.4, 0.5) is 5.69 Å². The van der Waals surface area contributed by atoms with Crippen molar-refractivity contribution in [1.82, 2.24) is 0 Å². The molecule has 0 aliphatic heterocycles. The molecule has 0 heterocycles. The van der Waals surface area contributed by atoms with E-state index in [9.17, 15) is 14.4 Å². The molecule has 26 heavy (non-hydrogen) atoms. The Kier molecular flexibility index (Phi) is 6.23.